The fourth-order valence-electron chi connectivity index (χ4n) is 3.38. The van der Waals surface area contributed by atoms with E-state index < -0.39 is 0 Å². The van der Waals surface area contributed by atoms with Crippen LogP contribution in [0.15, 0.2) is 5.16 Å². The summed E-state index contributed by atoms with van der Waals surface area (Å²) in [6.07, 6.45) is 4.84. The summed E-state index contributed by atoms with van der Waals surface area (Å²) >= 11 is 1.55. The molecule has 1 atom stereocenters. The lowest BCUT2D eigenvalue weighted by Gasteiger charge is -2.29. The standard InChI is InChI=1S/C16H25N5O2S/c1-12(14(22)19-8-10-23-11-9-19)24-16-18-17-15(20-6-2-3-7-20)21(16)13-4-5-13/h12-13H,2-11H2,1H3/t12-/m1/s1. The molecule has 0 bridgehead atoms. The van der Waals surface area contributed by atoms with Crippen molar-refractivity contribution in [3.63, 3.8) is 0 Å². The molecule has 3 fully saturated rings. The van der Waals surface area contributed by atoms with E-state index in [0.717, 1.165) is 24.2 Å². The molecule has 2 aliphatic heterocycles. The second-order valence-electron chi connectivity index (χ2n) is 6.78. The Labute approximate surface area is 146 Å². The van der Waals surface area contributed by atoms with E-state index in [0.29, 0.717) is 32.3 Å². The number of anilines is 1. The SMILES string of the molecule is C[C@@H](Sc1nnc(N2CCCC2)n1C1CC1)C(=O)N1CCOCC1. The summed E-state index contributed by atoms with van der Waals surface area (Å²) in [6.45, 7) is 6.77. The first-order chi connectivity index (χ1) is 11.7. The zero-order valence-corrected chi connectivity index (χ0v) is 15.0. The number of hydrogen-bond donors (Lipinski definition) is 0. The van der Waals surface area contributed by atoms with Crippen molar-refractivity contribution in [3.05, 3.63) is 0 Å². The molecule has 0 aromatic carbocycles. The minimum Gasteiger partial charge on any atom is -0.378 e. The monoisotopic (exact) mass is 351 g/mol. The second-order valence-corrected chi connectivity index (χ2v) is 8.08. The van der Waals surface area contributed by atoms with Crippen LogP contribution in [0.2, 0.25) is 0 Å². The van der Waals surface area contributed by atoms with Crippen molar-refractivity contribution < 1.29 is 9.53 Å². The van der Waals surface area contributed by atoms with Crippen molar-refractivity contribution in [2.75, 3.05) is 44.3 Å². The Morgan fingerprint density at radius 3 is 2.54 bits per heavy atom. The molecule has 3 heterocycles. The Bertz CT molecular complexity index is 591. The quantitative estimate of drug-likeness (QED) is 0.750. The highest BCUT2D eigenvalue weighted by Gasteiger charge is 2.34. The fraction of sp³-hybridized carbons (Fsp3) is 0.812. The van der Waals surface area contributed by atoms with Gasteiger partial charge in [-0.1, -0.05) is 11.8 Å². The van der Waals surface area contributed by atoms with Crippen LogP contribution in [0.5, 0.6) is 0 Å². The van der Waals surface area contributed by atoms with Gasteiger partial charge in [-0.2, -0.15) is 0 Å². The van der Waals surface area contributed by atoms with Gasteiger partial charge in [0, 0.05) is 32.2 Å². The van der Waals surface area contributed by atoms with Crippen molar-refractivity contribution >= 4 is 23.6 Å². The van der Waals surface area contributed by atoms with E-state index >= 15 is 0 Å². The average Bonchev–Trinajstić information content (AvgIpc) is 3.14. The zero-order valence-electron chi connectivity index (χ0n) is 14.2. The molecule has 8 heteroatoms. The molecule has 1 aliphatic carbocycles. The van der Waals surface area contributed by atoms with Crippen molar-refractivity contribution in [1.82, 2.24) is 19.7 Å². The van der Waals surface area contributed by atoms with Crippen molar-refractivity contribution in [2.24, 2.45) is 0 Å². The average molecular weight is 351 g/mol. The molecule has 1 aromatic rings. The normalized spacial score (nSPS) is 22.9. The minimum absolute atomic E-state index is 0.142. The van der Waals surface area contributed by atoms with Crippen LogP contribution in [-0.2, 0) is 9.53 Å². The van der Waals surface area contributed by atoms with Crippen molar-refractivity contribution in [2.45, 2.75) is 49.1 Å². The predicted molar refractivity (Wildman–Crippen MR) is 92.5 cm³/mol. The number of carbonyl (C=O) groups excluding carboxylic acids is 1. The van der Waals surface area contributed by atoms with Crippen LogP contribution in [0.1, 0.15) is 38.6 Å². The largest absolute Gasteiger partial charge is 0.378 e. The Morgan fingerprint density at radius 1 is 1.17 bits per heavy atom. The number of carbonyl (C=O) groups is 1. The van der Waals surface area contributed by atoms with Crippen molar-refractivity contribution in [1.29, 1.82) is 0 Å². The lowest BCUT2D eigenvalue weighted by atomic mass is 10.3. The third-order valence-electron chi connectivity index (χ3n) is 4.90. The maximum absolute atomic E-state index is 12.6. The van der Waals surface area contributed by atoms with Crippen LogP contribution in [0, 0.1) is 0 Å². The topological polar surface area (TPSA) is 63.5 Å². The van der Waals surface area contributed by atoms with Gasteiger partial charge in [-0.05, 0) is 32.6 Å². The molecule has 0 unspecified atom stereocenters. The molecule has 0 spiro atoms. The first-order valence-electron chi connectivity index (χ1n) is 8.97. The number of thioether (sulfide) groups is 1. The Balaban J connectivity index is 1.48. The molecule has 1 aromatic heterocycles. The molecule has 1 amide bonds. The summed E-state index contributed by atoms with van der Waals surface area (Å²) < 4.78 is 7.61. The summed E-state index contributed by atoms with van der Waals surface area (Å²) in [7, 11) is 0. The van der Waals surface area contributed by atoms with Crippen LogP contribution in [0.4, 0.5) is 5.95 Å². The van der Waals surface area contributed by atoms with Crippen LogP contribution < -0.4 is 4.90 Å². The molecule has 3 aliphatic rings. The number of morpholine rings is 1. The van der Waals surface area contributed by atoms with Gasteiger partial charge in [0.25, 0.3) is 0 Å². The van der Waals surface area contributed by atoms with Gasteiger partial charge in [0.1, 0.15) is 0 Å². The van der Waals surface area contributed by atoms with E-state index in [9.17, 15) is 4.79 Å². The first kappa shape index (κ1) is 16.2. The van der Waals surface area contributed by atoms with Crippen molar-refractivity contribution in [3.8, 4) is 0 Å². The molecular formula is C16H25N5O2S. The lowest BCUT2D eigenvalue weighted by Crippen LogP contribution is -2.44. The number of hydrogen-bond acceptors (Lipinski definition) is 6. The third-order valence-corrected chi connectivity index (χ3v) is 5.94. The Morgan fingerprint density at radius 2 is 1.88 bits per heavy atom. The molecular weight excluding hydrogens is 326 g/mol. The highest BCUT2D eigenvalue weighted by Crippen LogP contribution is 2.42. The van der Waals surface area contributed by atoms with Gasteiger partial charge >= 0.3 is 0 Å². The molecule has 0 radical (unpaired) electrons. The number of ether oxygens (including phenoxy) is 1. The number of amides is 1. The highest BCUT2D eigenvalue weighted by molar-refractivity contribution is 8.00. The van der Waals surface area contributed by atoms with E-state index in [4.69, 9.17) is 4.74 Å². The van der Waals surface area contributed by atoms with Crippen LogP contribution >= 0.6 is 11.8 Å². The molecule has 1 saturated carbocycles. The van der Waals surface area contributed by atoms with E-state index in [-0.39, 0.29) is 11.2 Å². The van der Waals surface area contributed by atoms with Gasteiger partial charge in [-0.25, -0.2) is 0 Å². The van der Waals surface area contributed by atoms with E-state index in [1.165, 1.54) is 25.7 Å². The zero-order chi connectivity index (χ0) is 16.5. The van der Waals surface area contributed by atoms with Crippen LogP contribution in [0.3, 0.4) is 0 Å². The van der Waals surface area contributed by atoms with Gasteiger partial charge < -0.3 is 14.5 Å². The van der Waals surface area contributed by atoms with E-state index in [1.807, 2.05) is 11.8 Å². The number of aromatic nitrogens is 3. The first-order valence-corrected chi connectivity index (χ1v) is 9.85. The number of nitrogens with zero attached hydrogens (tertiary/aromatic N) is 5. The number of rotatable bonds is 5. The third kappa shape index (κ3) is 3.26. The fourth-order valence-corrected chi connectivity index (χ4v) is 4.38. The molecule has 2 saturated heterocycles. The van der Waals surface area contributed by atoms with Crippen LogP contribution in [-0.4, -0.2) is 70.2 Å². The maximum atomic E-state index is 12.6. The lowest BCUT2D eigenvalue weighted by molar-refractivity contribution is -0.134. The summed E-state index contributed by atoms with van der Waals surface area (Å²) in [5, 5.41) is 9.64. The molecule has 0 N–H and O–H groups in total. The summed E-state index contributed by atoms with van der Waals surface area (Å²) in [5.74, 6) is 1.18. The summed E-state index contributed by atoms with van der Waals surface area (Å²) in [6, 6.07) is 0.517. The molecule has 7 nitrogen and oxygen atoms in total. The minimum atomic E-state index is -0.142. The Hall–Kier alpha value is -1.28. The van der Waals surface area contributed by atoms with Gasteiger partial charge in [-0.15, -0.1) is 10.2 Å². The van der Waals surface area contributed by atoms with Gasteiger partial charge in [0.15, 0.2) is 5.16 Å². The molecule has 132 valence electrons. The predicted octanol–water partition coefficient (Wildman–Crippen LogP) is 1.55. The van der Waals surface area contributed by atoms with Gasteiger partial charge in [0.05, 0.1) is 18.5 Å². The molecule has 24 heavy (non-hydrogen) atoms. The van der Waals surface area contributed by atoms with E-state index in [1.54, 1.807) is 11.8 Å². The maximum Gasteiger partial charge on any atom is 0.236 e. The Kier molecular flexibility index (Phi) is 4.67. The van der Waals surface area contributed by atoms with E-state index in [2.05, 4.69) is 19.7 Å². The smallest absolute Gasteiger partial charge is 0.236 e. The summed E-state index contributed by atoms with van der Waals surface area (Å²) in [5.41, 5.74) is 0. The van der Waals surface area contributed by atoms with Gasteiger partial charge in [-0.3, -0.25) is 9.36 Å². The van der Waals surface area contributed by atoms with Crippen LogP contribution in [0.25, 0.3) is 0 Å². The van der Waals surface area contributed by atoms with Gasteiger partial charge in [0.2, 0.25) is 11.9 Å². The molecule has 4 rings (SSSR count). The highest BCUT2D eigenvalue weighted by atomic mass is 32.2. The second kappa shape index (κ2) is 6.92. The summed E-state index contributed by atoms with van der Waals surface area (Å²) in [4.78, 5) is 16.9.